The summed E-state index contributed by atoms with van der Waals surface area (Å²) in [6.07, 6.45) is 7.70. The van der Waals surface area contributed by atoms with Crippen molar-refractivity contribution in [2.24, 2.45) is 0 Å². The van der Waals surface area contributed by atoms with Crippen LogP contribution in [0.5, 0.6) is 5.75 Å². The van der Waals surface area contributed by atoms with E-state index in [9.17, 15) is 0 Å². The first-order valence-corrected chi connectivity index (χ1v) is 6.84. The second-order valence-corrected chi connectivity index (χ2v) is 4.61. The van der Waals surface area contributed by atoms with Crippen LogP contribution >= 0.6 is 0 Å². The number of hydrogen-bond donors (Lipinski definition) is 1. The van der Waals surface area contributed by atoms with E-state index in [1.165, 1.54) is 32.1 Å². The first-order chi connectivity index (χ1) is 8.90. The highest BCUT2D eigenvalue weighted by molar-refractivity contribution is 5.75. The highest BCUT2D eigenvalue weighted by Crippen LogP contribution is 2.17. The second kappa shape index (κ2) is 6.99. The van der Waals surface area contributed by atoms with Gasteiger partial charge in [-0.3, -0.25) is 5.10 Å². The van der Waals surface area contributed by atoms with E-state index in [1.54, 1.807) is 0 Å². The lowest BCUT2D eigenvalue weighted by molar-refractivity contribution is 0.304. The van der Waals surface area contributed by atoms with Gasteiger partial charge in [0.1, 0.15) is 11.3 Å². The summed E-state index contributed by atoms with van der Waals surface area (Å²) in [4.78, 5) is 0. The van der Waals surface area contributed by atoms with Crippen LogP contribution in [0, 0.1) is 0 Å². The van der Waals surface area contributed by atoms with Gasteiger partial charge in [0.05, 0.1) is 12.1 Å². The highest BCUT2D eigenvalue weighted by Gasteiger charge is 2.00. The second-order valence-electron chi connectivity index (χ2n) is 4.61. The van der Waals surface area contributed by atoms with Gasteiger partial charge in [0.15, 0.2) is 0 Å². The molecule has 0 amide bonds. The van der Waals surface area contributed by atoms with E-state index in [0.29, 0.717) is 0 Å². The maximum Gasteiger partial charge on any atom is 0.121 e. The van der Waals surface area contributed by atoms with Gasteiger partial charge in [0.2, 0.25) is 0 Å². The SMILES string of the molecule is CCCCCCCCOc1ccc2[nH]nnc2c1. The van der Waals surface area contributed by atoms with Crippen LogP contribution in [0.4, 0.5) is 0 Å². The molecule has 1 aromatic carbocycles. The zero-order chi connectivity index (χ0) is 12.6. The smallest absolute Gasteiger partial charge is 0.121 e. The van der Waals surface area contributed by atoms with E-state index < -0.39 is 0 Å². The summed E-state index contributed by atoms with van der Waals surface area (Å²) in [5.41, 5.74) is 1.80. The Morgan fingerprint density at radius 2 is 1.94 bits per heavy atom. The number of nitrogens with zero attached hydrogens (tertiary/aromatic N) is 2. The van der Waals surface area contributed by atoms with Crippen molar-refractivity contribution in [3.63, 3.8) is 0 Å². The molecule has 98 valence electrons. The maximum atomic E-state index is 5.71. The molecule has 1 aromatic heterocycles. The largest absolute Gasteiger partial charge is 0.494 e. The molecule has 0 saturated carbocycles. The standard InChI is InChI=1S/C14H21N3O/c1-2-3-4-5-6-7-10-18-12-8-9-13-14(11-12)16-17-15-13/h8-9,11H,2-7,10H2,1H3,(H,15,16,17). The normalized spacial score (nSPS) is 10.9. The van der Waals surface area contributed by atoms with Crippen molar-refractivity contribution in [1.29, 1.82) is 0 Å². The molecule has 0 saturated heterocycles. The Balaban J connectivity index is 1.67. The molecule has 0 unspecified atom stereocenters. The topological polar surface area (TPSA) is 50.8 Å². The Kier molecular flexibility index (Phi) is 5.00. The molecule has 0 fully saturated rings. The Morgan fingerprint density at radius 1 is 1.11 bits per heavy atom. The van der Waals surface area contributed by atoms with Crippen LogP contribution < -0.4 is 4.74 Å². The summed E-state index contributed by atoms with van der Waals surface area (Å²) in [5, 5.41) is 10.5. The van der Waals surface area contributed by atoms with Gasteiger partial charge in [-0.25, -0.2) is 0 Å². The Morgan fingerprint density at radius 3 is 2.83 bits per heavy atom. The molecule has 18 heavy (non-hydrogen) atoms. The van der Waals surface area contributed by atoms with Crippen LogP contribution in [0.25, 0.3) is 11.0 Å². The van der Waals surface area contributed by atoms with Crippen molar-refractivity contribution in [3.8, 4) is 5.75 Å². The zero-order valence-electron chi connectivity index (χ0n) is 11.0. The summed E-state index contributed by atoms with van der Waals surface area (Å²) in [6.45, 7) is 3.03. The van der Waals surface area contributed by atoms with Gasteiger partial charge >= 0.3 is 0 Å². The van der Waals surface area contributed by atoms with Gasteiger partial charge < -0.3 is 4.74 Å². The van der Waals surface area contributed by atoms with Gasteiger partial charge in [-0.2, -0.15) is 0 Å². The Hall–Kier alpha value is -1.58. The molecule has 0 aliphatic heterocycles. The molecular weight excluding hydrogens is 226 g/mol. The number of aromatic nitrogens is 3. The van der Waals surface area contributed by atoms with E-state index in [4.69, 9.17) is 4.74 Å². The number of aromatic amines is 1. The Bertz CT molecular complexity index is 467. The van der Waals surface area contributed by atoms with E-state index in [-0.39, 0.29) is 0 Å². The van der Waals surface area contributed by atoms with Crippen LogP contribution in [-0.4, -0.2) is 22.0 Å². The lowest BCUT2D eigenvalue weighted by atomic mass is 10.1. The number of fused-ring (bicyclic) bond motifs is 1. The van der Waals surface area contributed by atoms with E-state index in [0.717, 1.165) is 29.8 Å². The van der Waals surface area contributed by atoms with Crippen LogP contribution in [0.15, 0.2) is 18.2 Å². The predicted molar refractivity (Wildman–Crippen MR) is 72.8 cm³/mol. The number of ether oxygens (including phenoxy) is 1. The fourth-order valence-electron chi connectivity index (χ4n) is 1.98. The first-order valence-electron chi connectivity index (χ1n) is 6.84. The van der Waals surface area contributed by atoms with Crippen molar-refractivity contribution in [1.82, 2.24) is 15.4 Å². The predicted octanol–water partition coefficient (Wildman–Crippen LogP) is 3.70. The summed E-state index contributed by atoms with van der Waals surface area (Å²) in [6, 6.07) is 5.83. The molecule has 0 atom stereocenters. The summed E-state index contributed by atoms with van der Waals surface area (Å²) in [5.74, 6) is 0.880. The average Bonchev–Trinajstić information content (AvgIpc) is 2.85. The number of H-pyrrole nitrogens is 1. The zero-order valence-corrected chi connectivity index (χ0v) is 11.0. The van der Waals surface area contributed by atoms with Crippen molar-refractivity contribution in [2.45, 2.75) is 45.4 Å². The molecule has 1 heterocycles. The van der Waals surface area contributed by atoms with Crippen molar-refractivity contribution >= 4 is 11.0 Å². The fourth-order valence-corrected chi connectivity index (χ4v) is 1.98. The van der Waals surface area contributed by atoms with Crippen LogP contribution in [0.3, 0.4) is 0 Å². The van der Waals surface area contributed by atoms with Crippen molar-refractivity contribution in [2.75, 3.05) is 6.61 Å². The molecule has 2 aromatic rings. The quantitative estimate of drug-likeness (QED) is 0.724. The summed E-state index contributed by atoms with van der Waals surface area (Å²) < 4.78 is 5.71. The maximum absolute atomic E-state index is 5.71. The van der Waals surface area contributed by atoms with Crippen molar-refractivity contribution < 1.29 is 4.74 Å². The molecule has 1 N–H and O–H groups in total. The third-order valence-corrected chi connectivity index (χ3v) is 3.06. The van der Waals surface area contributed by atoms with Gasteiger partial charge in [0.25, 0.3) is 0 Å². The number of benzene rings is 1. The third-order valence-electron chi connectivity index (χ3n) is 3.06. The minimum Gasteiger partial charge on any atom is -0.494 e. The minimum atomic E-state index is 0.787. The monoisotopic (exact) mass is 247 g/mol. The first kappa shape index (κ1) is 12.9. The molecule has 0 aliphatic rings. The van der Waals surface area contributed by atoms with Gasteiger partial charge in [-0.1, -0.05) is 44.2 Å². The van der Waals surface area contributed by atoms with Gasteiger partial charge in [0, 0.05) is 6.07 Å². The lowest BCUT2D eigenvalue weighted by Crippen LogP contribution is -1.97. The van der Waals surface area contributed by atoms with Gasteiger partial charge in [-0.05, 0) is 18.6 Å². The molecule has 0 bridgehead atoms. The minimum absolute atomic E-state index is 0.787. The van der Waals surface area contributed by atoms with Gasteiger partial charge in [-0.15, -0.1) is 5.10 Å². The molecule has 4 heteroatoms. The summed E-state index contributed by atoms with van der Waals surface area (Å²) in [7, 11) is 0. The van der Waals surface area contributed by atoms with E-state index >= 15 is 0 Å². The number of hydrogen-bond acceptors (Lipinski definition) is 3. The highest BCUT2D eigenvalue weighted by atomic mass is 16.5. The number of unbranched alkanes of at least 4 members (excludes halogenated alkanes) is 5. The van der Waals surface area contributed by atoms with Crippen molar-refractivity contribution in [3.05, 3.63) is 18.2 Å². The fraction of sp³-hybridized carbons (Fsp3) is 0.571. The molecule has 0 aliphatic carbocycles. The van der Waals surface area contributed by atoms with Crippen LogP contribution in [0.2, 0.25) is 0 Å². The molecule has 2 rings (SSSR count). The van der Waals surface area contributed by atoms with E-state index in [1.807, 2.05) is 18.2 Å². The molecule has 4 nitrogen and oxygen atoms in total. The Labute approximate surface area is 108 Å². The van der Waals surface area contributed by atoms with Crippen LogP contribution in [0.1, 0.15) is 45.4 Å². The lowest BCUT2D eigenvalue weighted by Gasteiger charge is -2.05. The molecule has 0 radical (unpaired) electrons. The average molecular weight is 247 g/mol. The van der Waals surface area contributed by atoms with E-state index in [2.05, 4.69) is 22.3 Å². The summed E-state index contributed by atoms with van der Waals surface area (Å²) >= 11 is 0. The van der Waals surface area contributed by atoms with Crippen LogP contribution in [-0.2, 0) is 0 Å². The number of nitrogens with one attached hydrogen (secondary N) is 1. The molecule has 0 spiro atoms. The molecular formula is C14H21N3O. The number of rotatable bonds is 8. The third kappa shape index (κ3) is 3.72.